The van der Waals surface area contributed by atoms with Crippen molar-refractivity contribution in [3.05, 3.63) is 11.9 Å². The molecule has 1 aromatic rings. The van der Waals surface area contributed by atoms with Crippen LogP contribution in [0.5, 0.6) is 0 Å². The van der Waals surface area contributed by atoms with Crippen LogP contribution in [0, 0.1) is 5.92 Å². The molecule has 1 aliphatic rings. The number of aliphatic hydroxyl groups excluding tert-OH is 1. The first-order valence-corrected chi connectivity index (χ1v) is 6.75. The van der Waals surface area contributed by atoms with Crippen LogP contribution in [0.1, 0.15) is 32.5 Å². The van der Waals surface area contributed by atoms with Crippen LogP contribution in [0.25, 0.3) is 0 Å². The van der Waals surface area contributed by atoms with Gasteiger partial charge in [-0.3, -0.25) is 0 Å². The molecule has 0 radical (unpaired) electrons. The van der Waals surface area contributed by atoms with E-state index in [9.17, 15) is 5.11 Å². The molecule has 100 valence electrons. The highest BCUT2D eigenvalue weighted by Gasteiger charge is 2.26. The number of anilines is 2. The lowest BCUT2D eigenvalue weighted by atomic mass is 9.82. The van der Waals surface area contributed by atoms with Gasteiger partial charge < -0.3 is 15.7 Å². The monoisotopic (exact) mass is 250 g/mol. The van der Waals surface area contributed by atoms with E-state index in [0.717, 1.165) is 49.8 Å². The third-order valence-corrected chi connectivity index (χ3v) is 3.23. The van der Waals surface area contributed by atoms with Gasteiger partial charge in [-0.05, 0) is 25.7 Å². The molecule has 0 aliphatic heterocycles. The van der Waals surface area contributed by atoms with Crippen molar-refractivity contribution in [1.29, 1.82) is 0 Å². The molecule has 1 aliphatic carbocycles. The van der Waals surface area contributed by atoms with Gasteiger partial charge in [0.05, 0.1) is 6.10 Å². The molecule has 5 heteroatoms. The molecule has 0 atom stereocenters. The van der Waals surface area contributed by atoms with Crippen LogP contribution in [-0.2, 0) is 6.42 Å². The second-order valence-electron chi connectivity index (χ2n) is 4.81. The summed E-state index contributed by atoms with van der Waals surface area (Å²) in [4.78, 5) is 8.87. The number of hydrogen-bond donors (Lipinski definition) is 3. The van der Waals surface area contributed by atoms with Crippen molar-refractivity contribution in [3.8, 4) is 0 Å². The fourth-order valence-corrected chi connectivity index (χ4v) is 2.13. The molecule has 18 heavy (non-hydrogen) atoms. The minimum Gasteiger partial charge on any atom is -0.393 e. The third kappa shape index (κ3) is 3.32. The van der Waals surface area contributed by atoms with Crippen LogP contribution in [0.15, 0.2) is 6.07 Å². The van der Waals surface area contributed by atoms with Gasteiger partial charge in [0, 0.05) is 25.6 Å². The number of nitrogens with one attached hydrogen (secondary N) is 2. The molecular formula is C13H22N4O. The van der Waals surface area contributed by atoms with Crippen molar-refractivity contribution in [2.24, 2.45) is 5.92 Å². The highest BCUT2D eigenvalue weighted by molar-refractivity contribution is 5.47. The Morgan fingerprint density at radius 1 is 1.22 bits per heavy atom. The first-order valence-electron chi connectivity index (χ1n) is 6.75. The summed E-state index contributed by atoms with van der Waals surface area (Å²) in [5.41, 5.74) is 0. The van der Waals surface area contributed by atoms with Gasteiger partial charge in [0.1, 0.15) is 17.5 Å². The molecule has 0 amide bonds. The molecule has 0 unspecified atom stereocenters. The number of rotatable bonds is 6. The van der Waals surface area contributed by atoms with E-state index >= 15 is 0 Å². The molecule has 3 N–H and O–H groups in total. The van der Waals surface area contributed by atoms with Crippen LogP contribution in [0.4, 0.5) is 11.6 Å². The number of aryl methyl sites for hydroxylation is 1. The minimum atomic E-state index is -0.0919. The summed E-state index contributed by atoms with van der Waals surface area (Å²) in [6.45, 7) is 5.84. The fourth-order valence-electron chi connectivity index (χ4n) is 2.13. The van der Waals surface area contributed by atoms with Gasteiger partial charge in [0.2, 0.25) is 0 Å². The maximum atomic E-state index is 9.25. The molecule has 0 saturated heterocycles. The van der Waals surface area contributed by atoms with Gasteiger partial charge in [-0.25, -0.2) is 9.97 Å². The van der Waals surface area contributed by atoms with Crippen LogP contribution in [0.2, 0.25) is 0 Å². The summed E-state index contributed by atoms with van der Waals surface area (Å²) in [6.07, 6.45) is 2.54. The first-order chi connectivity index (χ1) is 8.71. The number of nitrogens with zero attached hydrogens (tertiary/aromatic N) is 2. The molecule has 0 bridgehead atoms. The Labute approximate surface area is 108 Å². The molecule has 1 heterocycles. The predicted octanol–water partition coefficient (Wildman–Crippen LogP) is 1.65. The summed E-state index contributed by atoms with van der Waals surface area (Å²) >= 11 is 0. The molecular weight excluding hydrogens is 228 g/mol. The maximum Gasteiger partial charge on any atom is 0.132 e. The second-order valence-corrected chi connectivity index (χ2v) is 4.81. The Bertz CT molecular complexity index is 391. The van der Waals surface area contributed by atoms with Crippen molar-refractivity contribution >= 4 is 11.6 Å². The largest absolute Gasteiger partial charge is 0.393 e. The van der Waals surface area contributed by atoms with Gasteiger partial charge in [0.25, 0.3) is 0 Å². The van der Waals surface area contributed by atoms with Gasteiger partial charge in [-0.15, -0.1) is 0 Å². The zero-order valence-electron chi connectivity index (χ0n) is 11.1. The topological polar surface area (TPSA) is 70.1 Å². The van der Waals surface area contributed by atoms with Crippen molar-refractivity contribution in [2.45, 2.75) is 39.2 Å². The van der Waals surface area contributed by atoms with Crippen LogP contribution in [0.3, 0.4) is 0 Å². The van der Waals surface area contributed by atoms with E-state index in [2.05, 4.69) is 34.4 Å². The highest BCUT2D eigenvalue weighted by Crippen LogP contribution is 2.27. The smallest absolute Gasteiger partial charge is 0.132 e. The van der Waals surface area contributed by atoms with E-state index < -0.39 is 0 Å². The molecule has 0 aromatic carbocycles. The fraction of sp³-hybridized carbons (Fsp3) is 0.692. The average Bonchev–Trinajstić information content (AvgIpc) is 2.33. The van der Waals surface area contributed by atoms with E-state index in [1.165, 1.54) is 0 Å². The molecule has 1 fully saturated rings. The standard InChI is InChI=1S/C13H22N4O/c1-3-11-16-12(14-4-2)7-13(17-11)15-8-9-5-10(18)6-9/h7,9-10,18H,3-6,8H2,1-2H3,(H2,14,15,16,17). The third-order valence-electron chi connectivity index (χ3n) is 3.23. The van der Waals surface area contributed by atoms with Gasteiger partial charge >= 0.3 is 0 Å². The van der Waals surface area contributed by atoms with Gasteiger partial charge in [-0.1, -0.05) is 6.92 Å². The normalized spacial score (nSPS) is 22.4. The Hall–Kier alpha value is -1.36. The van der Waals surface area contributed by atoms with E-state index in [-0.39, 0.29) is 6.10 Å². The Kier molecular flexibility index (Phi) is 4.36. The minimum absolute atomic E-state index is 0.0919. The molecule has 1 aromatic heterocycles. The molecule has 5 nitrogen and oxygen atoms in total. The van der Waals surface area contributed by atoms with Gasteiger partial charge in [-0.2, -0.15) is 0 Å². The zero-order chi connectivity index (χ0) is 13.0. The van der Waals surface area contributed by atoms with Crippen LogP contribution >= 0.6 is 0 Å². The molecule has 1 saturated carbocycles. The molecule has 0 spiro atoms. The lowest BCUT2D eigenvalue weighted by Gasteiger charge is -2.31. The Morgan fingerprint density at radius 2 is 1.89 bits per heavy atom. The van der Waals surface area contributed by atoms with Crippen LogP contribution < -0.4 is 10.6 Å². The van der Waals surface area contributed by atoms with Crippen molar-refractivity contribution in [2.75, 3.05) is 23.7 Å². The van der Waals surface area contributed by atoms with E-state index in [1.54, 1.807) is 0 Å². The van der Waals surface area contributed by atoms with Gasteiger partial charge in [0.15, 0.2) is 0 Å². The van der Waals surface area contributed by atoms with Crippen molar-refractivity contribution < 1.29 is 5.11 Å². The summed E-state index contributed by atoms with van der Waals surface area (Å²) < 4.78 is 0. The predicted molar refractivity (Wildman–Crippen MR) is 72.8 cm³/mol. The summed E-state index contributed by atoms with van der Waals surface area (Å²) in [5.74, 6) is 3.17. The van der Waals surface area contributed by atoms with Crippen molar-refractivity contribution in [3.63, 3.8) is 0 Å². The summed E-state index contributed by atoms with van der Waals surface area (Å²) in [7, 11) is 0. The second kappa shape index (κ2) is 6.00. The lowest BCUT2D eigenvalue weighted by molar-refractivity contribution is 0.0486. The summed E-state index contributed by atoms with van der Waals surface area (Å²) in [6, 6.07) is 1.94. The van der Waals surface area contributed by atoms with Crippen molar-refractivity contribution in [1.82, 2.24) is 9.97 Å². The number of aliphatic hydroxyl groups is 1. The number of aromatic nitrogens is 2. The van der Waals surface area contributed by atoms with E-state index in [1.807, 2.05) is 6.07 Å². The van der Waals surface area contributed by atoms with E-state index in [0.29, 0.717) is 5.92 Å². The zero-order valence-corrected chi connectivity index (χ0v) is 11.1. The maximum absolute atomic E-state index is 9.25. The lowest BCUT2D eigenvalue weighted by Crippen LogP contribution is -2.33. The number of hydrogen-bond acceptors (Lipinski definition) is 5. The Balaban J connectivity index is 1.95. The quantitative estimate of drug-likeness (QED) is 0.716. The summed E-state index contributed by atoms with van der Waals surface area (Å²) in [5, 5.41) is 15.8. The first kappa shape index (κ1) is 13.1. The average molecular weight is 250 g/mol. The van der Waals surface area contributed by atoms with E-state index in [4.69, 9.17) is 0 Å². The highest BCUT2D eigenvalue weighted by atomic mass is 16.3. The van der Waals surface area contributed by atoms with Crippen LogP contribution in [-0.4, -0.2) is 34.3 Å². The SMILES string of the molecule is CCNc1cc(NCC2CC(O)C2)nc(CC)n1. The molecule has 2 rings (SSSR count). The Morgan fingerprint density at radius 3 is 2.44 bits per heavy atom.